The maximum Gasteiger partial charge on any atom is -0.0328 e. The Morgan fingerprint density at radius 1 is 0.686 bits per heavy atom. The van der Waals surface area contributed by atoms with E-state index in [4.69, 9.17) is 0 Å². The highest BCUT2D eigenvalue weighted by molar-refractivity contribution is 5.11. The van der Waals surface area contributed by atoms with Crippen molar-refractivity contribution in [1.82, 2.24) is 0 Å². The van der Waals surface area contributed by atoms with Crippen LogP contribution in [-0.4, -0.2) is 0 Å². The van der Waals surface area contributed by atoms with Crippen molar-refractivity contribution in [3.05, 3.63) is 35.9 Å². The van der Waals surface area contributed by atoms with Crippen LogP contribution in [0.25, 0.3) is 0 Å². The van der Waals surface area contributed by atoms with E-state index < -0.39 is 0 Å². The van der Waals surface area contributed by atoms with Crippen molar-refractivity contribution in [2.24, 2.45) is 10.8 Å². The lowest BCUT2D eigenvalue weighted by atomic mass is 9.86. The Hall–Kier alpha value is -0.780. The van der Waals surface area contributed by atoms with E-state index in [9.17, 15) is 0 Å². The number of hydrogen-bond donors (Lipinski definition) is 0. The molecule has 1 aromatic rings. The fourth-order valence-electron chi connectivity index (χ4n) is 2.12. The zero-order chi connectivity index (χ0) is 28.5. The van der Waals surface area contributed by atoms with Crippen LogP contribution in [0.15, 0.2) is 30.3 Å². The Morgan fingerprint density at radius 3 is 1.09 bits per heavy atom. The normalized spacial score (nSPS) is 11.7. The molecule has 1 aromatic carbocycles. The van der Waals surface area contributed by atoms with E-state index in [-0.39, 0.29) is 7.43 Å². The van der Waals surface area contributed by atoms with Crippen molar-refractivity contribution in [2.45, 2.75) is 183 Å². The van der Waals surface area contributed by atoms with Gasteiger partial charge in [-0.25, -0.2) is 0 Å². The highest BCUT2D eigenvalue weighted by Crippen LogP contribution is 2.39. The van der Waals surface area contributed by atoms with Gasteiger partial charge in [0.25, 0.3) is 0 Å². The van der Waals surface area contributed by atoms with E-state index in [2.05, 4.69) is 88.3 Å². The van der Waals surface area contributed by atoms with E-state index in [1.54, 1.807) is 0 Å². The molecule has 0 bridgehead atoms. The Bertz CT molecular complexity index is 374. The molecule has 0 heteroatoms. The molecule has 0 aliphatic heterocycles. The van der Waals surface area contributed by atoms with Gasteiger partial charge in [-0.15, -0.1) is 0 Å². The van der Waals surface area contributed by atoms with Gasteiger partial charge in [-0.2, -0.15) is 0 Å². The van der Waals surface area contributed by atoms with Crippen molar-refractivity contribution in [3.63, 3.8) is 0 Å². The summed E-state index contributed by atoms with van der Waals surface area (Å²) < 4.78 is 0. The molecule has 0 nitrogen and oxygen atoms in total. The fourth-order valence-corrected chi connectivity index (χ4v) is 2.12. The predicted molar refractivity (Wildman–Crippen MR) is 175 cm³/mol. The molecule has 1 aliphatic carbocycles. The zero-order valence-electron chi connectivity index (χ0n) is 27.8. The Balaban J connectivity index is -0.0000000543. The molecule has 0 saturated heterocycles. The second kappa shape index (κ2) is 43.3. The van der Waals surface area contributed by atoms with Crippen molar-refractivity contribution >= 4 is 0 Å². The quantitative estimate of drug-likeness (QED) is 0.380. The third-order valence-corrected chi connectivity index (χ3v) is 5.17. The standard InChI is InChI=1S/C8H16.C7H8.C6H14.C4H10.C3H8.3C2H6.CH4/c1-3-8(2)6-4-5-7-8;1-7-5-3-2-4-6-7;1-5-6(2,3)4;1-3-4-2;1-3-2;3*1-2;/h3-7H2,1-2H3;2-6H,1H3;5H2,1-4H3;3-4H2,1-2H3;3H2,1-2H3;3*1-2H3;1H4. The lowest BCUT2D eigenvalue weighted by Crippen LogP contribution is -2.07. The van der Waals surface area contributed by atoms with Crippen LogP contribution in [0.3, 0.4) is 0 Å². The number of benzene rings is 1. The van der Waals surface area contributed by atoms with Crippen LogP contribution in [0.5, 0.6) is 0 Å². The minimum absolute atomic E-state index is 0. The summed E-state index contributed by atoms with van der Waals surface area (Å²) in [6, 6.07) is 10.3. The Morgan fingerprint density at radius 2 is 0.971 bits per heavy atom. The van der Waals surface area contributed by atoms with Crippen molar-refractivity contribution < 1.29 is 0 Å². The van der Waals surface area contributed by atoms with E-state index in [0.29, 0.717) is 5.41 Å². The Labute approximate surface area is 229 Å². The molecule has 218 valence electrons. The monoisotopic (exact) mass is 499 g/mol. The maximum atomic E-state index is 2.42. The summed E-state index contributed by atoms with van der Waals surface area (Å²) in [6.45, 7) is 36.4. The molecular weight excluding hydrogens is 420 g/mol. The van der Waals surface area contributed by atoms with E-state index in [0.717, 1.165) is 5.41 Å². The van der Waals surface area contributed by atoms with Gasteiger partial charge in [-0.3, -0.25) is 0 Å². The fraction of sp³-hybridized carbons (Fsp3) is 0.829. The summed E-state index contributed by atoms with van der Waals surface area (Å²) in [5.74, 6) is 0. The summed E-state index contributed by atoms with van der Waals surface area (Å²) in [5, 5.41) is 0. The Kier molecular flexibility index (Phi) is 63.1. The van der Waals surface area contributed by atoms with Gasteiger partial charge < -0.3 is 0 Å². The first-order valence-corrected chi connectivity index (χ1v) is 15.1. The van der Waals surface area contributed by atoms with Crippen molar-refractivity contribution in [3.8, 4) is 0 Å². The van der Waals surface area contributed by atoms with Gasteiger partial charge in [-0.1, -0.05) is 199 Å². The number of unbranched alkanes of at least 4 members (excludes halogenated alkanes) is 1. The molecule has 2 rings (SSSR count). The first-order valence-electron chi connectivity index (χ1n) is 15.1. The molecule has 0 atom stereocenters. The van der Waals surface area contributed by atoms with Gasteiger partial charge in [0.05, 0.1) is 0 Å². The van der Waals surface area contributed by atoms with E-state index in [1.165, 1.54) is 63.4 Å². The number of aryl methyl sites for hydroxylation is 1. The average molecular weight is 499 g/mol. The SMILES string of the molecule is C.CC.CC.CC.CCC.CCC(C)(C)C.CCC1(C)CCCC1.CCCC.Cc1ccccc1. The summed E-state index contributed by atoms with van der Waals surface area (Å²) in [6.07, 6.45) is 12.4. The largest absolute Gasteiger partial charge is 0.0776 e. The van der Waals surface area contributed by atoms with Crippen LogP contribution in [0, 0.1) is 17.8 Å². The number of rotatable bonds is 2. The van der Waals surface area contributed by atoms with Gasteiger partial charge in [0.1, 0.15) is 0 Å². The van der Waals surface area contributed by atoms with Crippen LogP contribution in [-0.2, 0) is 0 Å². The van der Waals surface area contributed by atoms with Crippen LogP contribution >= 0.6 is 0 Å². The molecule has 0 heterocycles. The highest BCUT2D eigenvalue weighted by atomic mass is 14.3. The molecule has 1 saturated carbocycles. The molecule has 0 spiro atoms. The van der Waals surface area contributed by atoms with E-state index in [1.807, 2.05) is 59.7 Å². The molecule has 0 amide bonds. The lowest BCUT2D eigenvalue weighted by molar-refractivity contribution is 0.323. The molecule has 0 radical (unpaired) electrons. The third-order valence-electron chi connectivity index (χ3n) is 5.17. The lowest BCUT2D eigenvalue weighted by Gasteiger charge is -2.19. The summed E-state index contributed by atoms with van der Waals surface area (Å²) in [4.78, 5) is 0. The predicted octanol–water partition coefficient (Wildman–Crippen LogP) is 14.4. The molecule has 0 N–H and O–H groups in total. The van der Waals surface area contributed by atoms with Crippen LogP contribution < -0.4 is 0 Å². The summed E-state index contributed by atoms with van der Waals surface area (Å²) in [7, 11) is 0. The minimum Gasteiger partial charge on any atom is -0.0776 e. The van der Waals surface area contributed by atoms with Crippen LogP contribution in [0.2, 0.25) is 0 Å². The van der Waals surface area contributed by atoms with Gasteiger partial charge in [0.2, 0.25) is 0 Å². The van der Waals surface area contributed by atoms with Crippen molar-refractivity contribution in [2.75, 3.05) is 0 Å². The molecule has 0 unspecified atom stereocenters. The van der Waals surface area contributed by atoms with Gasteiger partial charge in [0.15, 0.2) is 0 Å². The van der Waals surface area contributed by atoms with Gasteiger partial charge in [-0.05, 0) is 30.6 Å². The zero-order valence-corrected chi connectivity index (χ0v) is 27.8. The second-order valence-corrected chi connectivity index (χ2v) is 9.65. The summed E-state index contributed by atoms with van der Waals surface area (Å²) >= 11 is 0. The summed E-state index contributed by atoms with van der Waals surface area (Å²) in [5.41, 5.74) is 2.60. The minimum atomic E-state index is 0. The first-order chi connectivity index (χ1) is 16.1. The number of hydrogen-bond acceptors (Lipinski definition) is 0. The van der Waals surface area contributed by atoms with E-state index >= 15 is 0 Å². The first kappa shape index (κ1) is 51.0. The topological polar surface area (TPSA) is 0 Å². The second-order valence-electron chi connectivity index (χ2n) is 9.65. The molecular formula is C35H78. The van der Waals surface area contributed by atoms with Crippen LogP contribution in [0.1, 0.15) is 182 Å². The maximum absolute atomic E-state index is 2.42. The third kappa shape index (κ3) is 60.1. The van der Waals surface area contributed by atoms with Gasteiger partial charge >= 0.3 is 0 Å². The molecule has 0 aromatic heterocycles. The average Bonchev–Trinajstić information content (AvgIpc) is 3.31. The van der Waals surface area contributed by atoms with Crippen LogP contribution in [0.4, 0.5) is 0 Å². The van der Waals surface area contributed by atoms with Gasteiger partial charge in [0, 0.05) is 0 Å². The molecule has 1 fully saturated rings. The molecule has 1 aliphatic rings. The van der Waals surface area contributed by atoms with Crippen molar-refractivity contribution in [1.29, 1.82) is 0 Å². The highest BCUT2D eigenvalue weighted by Gasteiger charge is 2.25. The molecule has 35 heavy (non-hydrogen) atoms. The smallest absolute Gasteiger partial charge is 0.0328 e.